The highest BCUT2D eigenvalue weighted by molar-refractivity contribution is 7.89. The Morgan fingerprint density at radius 1 is 1.09 bits per heavy atom. The first-order valence-corrected chi connectivity index (χ1v) is 12.3. The Balaban J connectivity index is 1.60. The van der Waals surface area contributed by atoms with Crippen LogP contribution in [0, 0.1) is 6.92 Å². The van der Waals surface area contributed by atoms with E-state index < -0.39 is 10.0 Å². The summed E-state index contributed by atoms with van der Waals surface area (Å²) in [7, 11) is -1.66. The number of hydrogen-bond donors (Lipinski definition) is 1. The Bertz CT molecular complexity index is 1290. The lowest BCUT2D eigenvalue weighted by Crippen LogP contribution is -2.47. The molecule has 4 rings (SSSR count). The van der Waals surface area contributed by atoms with Crippen LogP contribution in [0.25, 0.3) is 5.82 Å². The highest BCUT2D eigenvalue weighted by atomic mass is 35.5. The van der Waals surface area contributed by atoms with Crippen molar-refractivity contribution < 1.29 is 8.42 Å². The third kappa shape index (κ3) is 4.49. The molecule has 0 bridgehead atoms. The minimum atomic E-state index is -3.63. The van der Waals surface area contributed by atoms with Gasteiger partial charge in [-0.1, -0.05) is 29.3 Å². The standard InChI is InChI=1S/C21H23Cl2N5O3S/c1-14-18(11-15-3-4-16(22)12-19(15)23)21(29)28(25-14)20-6-5-17(13-24-20)32(30,31)27-9-7-26(2)8-10-27/h3-6,12-13,25H,7-11H2,1-2H3. The first-order chi connectivity index (χ1) is 15.2. The van der Waals surface area contributed by atoms with Crippen molar-refractivity contribution in [3.05, 3.63) is 73.7 Å². The molecule has 1 saturated heterocycles. The summed E-state index contributed by atoms with van der Waals surface area (Å²) < 4.78 is 28.6. The number of sulfonamides is 1. The second-order valence-electron chi connectivity index (χ2n) is 7.83. The molecule has 0 atom stereocenters. The number of nitrogens with zero attached hydrogens (tertiary/aromatic N) is 4. The van der Waals surface area contributed by atoms with Gasteiger partial charge in [0.15, 0.2) is 5.82 Å². The summed E-state index contributed by atoms with van der Waals surface area (Å²) in [4.78, 5) is 19.5. The van der Waals surface area contributed by atoms with E-state index in [1.165, 1.54) is 27.3 Å². The molecule has 1 fully saturated rings. The Morgan fingerprint density at radius 3 is 2.44 bits per heavy atom. The largest absolute Gasteiger partial charge is 0.304 e. The molecular formula is C21H23Cl2N5O3S. The van der Waals surface area contributed by atoms with Crippen molar-refractivity contribution in [2.45, 2.75) is 18.2 Å². The number of likely N-dealkylation sites (N-methyl/N-ethyl adjacent to an activating group) is 1. The predicted octanol–water partition coefficient (Wildman–Crippen LogP) is 2.70. The summed E-state index contributed by atoms with van der Waals surface area (Å²) >= 11 is 12.2. The zero-order valence-electron chi connectivity index (χ0n) is 17.7. The van der Waals surface area contributed by atoms with E-state index in [4.69, 9.17) is 23.2 Å². The van der Waals surface area contributed by atoms with Crippen LogP contribution >= 0.6 is 23.2 Å². The molecule has 0 saturated carbocycles. The van der Waals surface area contributed by atoms with E-state index in [0.29, 0.717) is 59.7 Å². The molecule has 1 aliphatic heterocycles. The van der Waals surface area contributed by atoms with Crippen LogP contribution in [-0.2, 0) is 16.4 Å². The number of rotatable bonds is 5. The molecule has 3 heterocycles. The number of nitrogens with one attached hydrogen (secondary N) is 1. The highest BCUT2D eigenvalue weighted by Crippen LogP contribution is 2.24. The monoisotopic (exact) mass is 495 g/mol. The lowest BCUT2D eigenvalue weighted by molar-refractivity contribution is 0.222. The van der Waals surface area contributed by atoms with E-state index in [9.17, 15) is 13.2 Å². The highest BCUT2D eigenvalue weighted by Gasteiger charge is 2.28. The number of aromatic nitrogens is 3. The van der Waals surface area contributed by atoms with Crippen LogP contribution in [0.1, 0.15) is 16.8 Å². The quantitative estimate of drug-likeness (QED) is 0.587. The molecule has 1 aliphatic rings. The van der Waals surface area contributed by atoms with E-state index in [-0.39, 0.29) is 10.5 Å². The molecule has 0 unspecified atom stereocenters. The minimum Gasteiger partial charge on any atom is -0.304 e. The van der Waals surface area contributed by atoms with Crippen molar-refractivity contribution in [2.75, 3.05) is 33.2 Å². The third-order valence-corrected chi connectivity index (χ3v) is 8.09. The maximum Gasteiger partial charge on any atom is 0.276 e. The molecular weight excluding hydrogens is 473 g/mol. The van der Waals surface area contributed by atoms with Gasteiger partial charge in [-0.2, -0.15) is 4.31 Å². The summed E-state index contributed by atoms with van der Waals surface area (Å²) in [5.74, 6) is 0.309. The number of hydrogen-bond acceptors (Lipinski definition) is 5. The summed E-state index contributed by atoms with van der Waals surface area (Å²) in [5.41, 5.74) is 1.74. The Morgan fingerprint density at radius 2 is 1.81 bits per heavy atom. The van der Waals surface area contributed by atoms with Gasteiger partial charge in [0.05, 0.1) is 0 Å². The second-order valence-corrected chi connectivity index (χ2v) is 10.6. The molecule has 1 aromatic carbocycles. The molecule has 0 radical (unpaired) electrons. The lowest BCUT2D eigenvalue weighted by Gasteiger charge is -2.31. The van der Waals surface area contributed by atoms with E-state index in [1.807, 2.05) is 7.05 Å². The Labute approximate surface area is 196 Å². The van der Waals surface area contributed by atoms with Gasteiger partial charge < -0.3 is 4.90 Å². The lowest BCUT2D eigenvalue weighted by atomic mass is 10.1. The molecule has 0 aliphatic carbocycles. The van der Waals surface area contributed by atoms with Crippen LogP contribution in [0.5, 0.6) is 0 Å². The van der Waals surface area contributed by atoms with Crippen LogP contribution in [0.3, 0.4) is 0 Å². The number of benzene rings is 1. The predicted molar refractivity (Wildman–Crippen MR) is 124 cm³/mol. The van der Waals surface area contributed by atoms with Crippen LogP contribution < -0.4 is 5.56 Å². The van der Waals surface area contributed by atoms with E-state index in [0.717, 1.165) is 5.56 Å². The molecule has 3 aromatic rings. The van der Waals surface area contributed by atoms with Crippen LogP contribution in [-0.4, -0.2) is 65.6 Å². The zero-order valence-corrected chi connectivity index (χ0v) is 20.0. The van der Waals surface area contributed by atoms with Crippen LogP contribution in [0.4, 0.5) is 0 Å². The van der Waals surface area contributed by atoms with Gasteiger partial charge in [-0.05, 0) is 43.8 Å². The molecule has 2 aromatic heterocycles. The molecule has 32 heavy (non-hydrogen) atoms. The third-order valence-electron chi connectivity index (χ3n) is 5.63. The van der Waals surface area contributed by atoms with Gasteiger partial charge in [-0.3, -0.25) is 9.89 Å². The Kier molecular flexibility index (Phi) is 6.46. The maximum atomic E-state index is 13.0. The van der Waals surface area contributed by atoms with Crippen molar-refractivity contribution in [2.24, 2.45) is 0 Å². The average Bonchev–Trinajstić information content (AvgIpc) is 3.04. The van der Waals surface area contributed by atoms with Crippen molar-refractivity contribution >= 4 is 33.2 Å². The fourth-order valence-corrected chi connectivity index (χ4v) is 5.48. The molecule has 8 nitrogen and oxygen atoms in total. The Hall–Kier alpha value is -2.17. The molecule has 170 valence electrons. The number of piperazine rings is 1. The van der Waals surface area contributed by atoms with Gasteiger partial charge in [0.2, 0.25) is 10.0 Å². The number of aryl methyl sites for hydroxylation is 1. The molecule has 0 amide bonds. The van der Waals surface area contributed by atoms with Gasteiger partial charge in [-0.25, -0.2) is 18.1 Å². The summed E-state index contributed by atoms with van der Waals surface area (Å²) in [6, 6.07) is 8.16. The van der Waals surface area contributed by atoms with Crippen molar-refractivity contribution in [1.29, 1.82) is 0 Å². The van der Waals surface area contributed by atoms with E-state index in [1.54, 1.807) is 25.1 Å². The van der Waals surface area contributed by atoms with Gasteiger partial charge in [0, 0.05) is 60.1 Å². The summed E-state index contributed by atoms with van der Waals surface area (Å²) in [5, 5.41) is 4.03. The van der Waals surface area contributed by atoms with Crippen molar-refractivity contribution in [3.8, 4) is 5.82 Å². The van der Waals surface area contributed by atoms with Gasteiger partial charge in [0.25, 0.3) is 5.56 Å². The fraction of sp³-hybridized carbons (Fsp3) is 0.333. The molecule has 1 N–H and O–H groups in total. The van der Waals surface area contributed by atoms with E-state index >= 15 is 0 Å². The van der Waals surface area contributed by atoms with Crippen LogP contribution in [0.15, 0.2) is 46.2 Å². The zero-order chi connectivity index (χ0) is 23.0. The SMILES string of the molecule is Cc1[nH]n(-c2ccc(S(=O)(=O)N3CCN(C)CC3)cn2)c(=O)c1Cc1ccc(Cl)cc1Cl. The fourth-order valence-electron chi connectivity index (χ4n) is 3.64. The summed E-state index contributed by atoms with van der Waals surface area (Å²) in [6.07, 6.45) is 1.63. The summed E-state index contributed by atoms with van der Waals surface area (Å²) in [6.45, 7) is 4.03. The average molecular weight is 496 g/mol. The van der Waals surface area contributed by atoms with Crippen molar-refractivity contribution in [1.82, 2.24) is 24.0 Å². The normalized spacial score (nSPS) is 15.9. The van der Waals surface area contributed by atoms with Gasteiger partial charge in [0.1, 0.15) is 4.90 Å². The first-order valence-electron chi connectivity index (χ1n) is 10.1. The maximum absolute atomic E-state index is 13.0. The molecule has 0 spiro atoms. The van der Waals surface area contributed by atoms with Crippen LogP contribution in [0.2, 0.25) is 10.0 Å². The van der Waals surface area contributed by atoms with Gasteiger partial charge >= 0.3 is 0 Å². The molecule has 11 heteroatoms. The number of aromatic amines is 1. The van der Waals surface area contributed by atoms with E-state index in [2.05, 4.69) is 15.0 Å². The first kappa shape index (κ1) is 23.0. The van der Waals surface area contributed by atoms with Gasteiger partial charge in [-0.15, -0.1) is 0 Å². The number of halogens is 2. The van der Waals surface area contributed by atoms with Crippen molar-refractivity contribution in [3.63, 3.8) is 0 Å². The topological polar surface area (TPSA) is 91.3 Å². The number of pyridine rings is 1. The number of H-pyrrole nitrogens is 1. The smallest absolute Gasteiger partial charge is 0.276 e. The minimum absolute atomic E-state index is 0.107. The second kappa shape index (κ2) is 8.99.